The van der Waals surface area contributed by atoms with Gasteiger partial charge in [-0.2, -0.15) is 0 Å². The number of nitrogens with zero attached hydrogens (tertiary/aromatic N) is 1. The zero-order valence-corrected chi connectivity index (χ0v) is 17.7. The first-order valence-electron chi connectivity index (χ1n) is 10.2. The third-order valence-electron chi connectivity index (χ3n) is 5.00. The van der Waals surface area contributed by atoms with Gasteiger partial charge >= 0.3 is 5.63 Å². The van der Waals surface area contributed by atoms with Gasteiger partial charge in [-0.05, 0) is 48.9 Å². The van der Waals surface area contributed by atoms with E-state index in [1.54, 1.807) is 49.5 Å². The highest BCUT2D eigenvalue weighted by molar-refractivity contribution is 5.98. The number of rotatable bonds is 7. The van der Waals surface area contributed by atoms with E-state index in [1.807, 2.05) is 6.07 Å². The van der Waals surface area contributed by atoms with Gasteiger partial charge in [-0.25, -0.2) is 4.79 Å². The molecule has 2 aromatic carbocycles. The van der Waals surface area contributed by atoms with Crippen molar-refractivity contribution in [3.05, 3.63) is 76.8 Å². The second-order valence-electron chi connectivity index (χ2n) is 7.40. The number of aryl methyl sites for hydroxylation is 1. The molecule has 0 aliphatic heterocycles. The van der Waals surface area contributed by atoms with Crippen LogP contribution in [0, 0.1) is 6.92 Å². The van der Waals surface area contributed by atoms with E-state index in [1.165, 1.54) is 12.1 Å². The minimum atomic E-state index is -1.16. The highest BCUT2D eigenvalue weighted by atomic mass is 16.5. The van der Waals surface area contributed by atoms with Gasteiger partial charge in [0.1, 0.15) is 17.4 Å². The Morgan fingerprint density at radius 2 is 2.00 bits per heavy atom. The van der Waals surface area contributed by atoms with Crippen molar-refractivity contribution in [1.29, 1.82) is 0 Å². The fourth-order valence-corrected chi connectivity index (χ4v) is 3.36. The first-order chi connectivity index (χ1) is 15.9. The number of carbonyl (C=O) groups is 2. The molecule has 168 valence electrons. The van der Waals surface area contributed by atoms with E-state index in [0.717, 1.165) is 21.9 Å². The summed E-state index contributed by atoms with van der Waals surface area (Å²) in [6.45, 7) is 0.808. The van der Waals surface area contributed by atoms with Crippen LogP contribution in [0.15, 0.2) is 70.0 Å². The fraction of sp³-hybridized carbons (Fsp3) is 0.167. The Kier molecular flexibility index (Phi) is 6.32. The third kappa shape index (κ3) is 5.16. The second-order valence-corrected chi connectivity index (χ2v) is 7.40. The van der Waals surface area contributed by atoms with Crippen LogP contribution in [0.25, 0.3) is 21.9 Å². The number of anilines is 1. The number of hydrogen-bond donors (Lipinski definition) is 3. The van der Waals surface area contributed by atoms with E-state index >= 15 is 0 Å². The molecule has 0 bridgehead atoms. The molecule has 1 atom stereocenters. The largest absolute Gasteiger partial charge is 0.484 e. The van der Waals surface area contributed by atoms with E-state index in [4.69, 9.17) is 9.15 Å². The lowest BCUT2D eigenvalue weighted by atomic mass is 10.1. The lowest BCUT2D eigenvalue weighted by Crippen LogP contribution is -2.47. The average molecular weight is 447 g/mol. The number of nitrogens with one attached hydrogen (secondary N) is 2. The van der Waals surface area contributed by atoms with Crippen molar-refractivity contribution in [3.63, 3.8) is 0 Å². The Balaban J connectivity index is 1.36. The molecule has 33 heavy (non-hydrogen) atoms. The van der Waals surface area contributed by atoms with E-state index in [9.17, 15) is 19.5 Å². The molecule has 3 N–H and O–H groups in total. The predicted molar refractivity (Wildman–Crippen MR) is 122 cm³/mol. The van der Waals surface area contributed by atoms with E-state index < -0.39 is 36.7 Å². The van der Waals surface area contributed by atoms with Crippen molar-refractivity contribution < 1.29 is 23.8 Å². The molecule has 9 nitrogen and oxygen atoms in total. The van der Waals surface area contributed by atoms with Gasteiger partial charge < -0.3 is 24.9 Å². The molecule has 0 radical (unpaired) electrons. The molecule has 0 aliphatic rings. The zero-order valence-electron chi connectivity index (χ0n) is 17.7. The number of aliphatic hydroxyl groups excluding tert-OH is 1. The van der Waals surface area contributed by atoms with Crippen LogP contribution in [0.2, 0.25) is 0 Å². The van der Waals surface area contributed by atoms with Crippen LogP contribution in [0.3, 0.4) is 0 Å². The SMILES string of the molecule is Cc1cc(=O)oc2cc(OCC(=O)NC(CO)C(=O)Nc3ccc4ncccc4c3)ccc12. The minimum Gasteiger partial charge on any atom is -0.484 e. The first kappa shape index (κ1) is 22.0. The van der Waals surface area contributed by atoms with E-state index in [0.29, 0.717) is 17.0 Å². The minimum absolute atomic E-state index is 0.321. The molecule has 9 heteroatoms. The summed E-state index contributed by atoms with van der Waals surface area (Å²) in [4.78, 5) is 40.6. The molecule has 2 heterocycles. The van der Waals surface area contributed by atoms with Crippen LogP contribution in [0.1, 0.15) is 5.56 Å². The lowest BCUT2D eigenvalue weighted by molar-refractivity contribution is -0.128. The molecular formula is C24H21N3O6. The van der Waals surface area contributed by atoms with Crippen molar-refractivity contribution in [2.75, 3.05) is 18.5 Å². The Morgan fingerprint density at radius 3 is 2.82 bits per heavy atom. The maximum atomic E-state index is 12.5. The van der Waals surface area contributed by atoms with Crippen molar-refractivity contribution in [1.82, 2.24) is 10.3 Å². The molecule has 2 amide bonds. The smallest absolute Gasteiger partial charge is 0.336 e. The summed E-state index contributed by atoms with van der Waals surface area (Å²) in [5, 5.41) is 16.3. The summed E-state index contributed by atoms with van der Waals surface area (Å²) < 4.78 is 10.6. The number of fused-ring (bicyclic) bond motifs is 2. The van der Waals surface area contributed by atoms with Crippen LogP contribution < -0.4 is 21.0 Å². The highest BCUT2D eigenvalue weighted by Crippen LogP contribution is 2.22. The van der Waals surface area contributed by atoms with Crippen LogP contribution >= 0.6 is 0 Å². The monoisotopic (exact) mass is 447 g/mol. The van der Waals surface area contributed by atoms with Crippen molar-refractivity contribution >= 4 is 39.4 Å². The summed E-state index contributed by atoms with van der Waals surface area (Å²) in [6.07, 6.45) is 1.68. The number of ether oxygens (including phenoxy) is 1. The number of amides is 2. The Bertz CT molecular complexity index is 1400. The van der Waals surface area contributed by atoms with Gasteiger partial charge in [-0.15, -0.1) is 0 Å². The topological polar surface area (TPSA) is 131 Å². The maximum absolute atomic E-state index is 12.5. The quantitative estimate of drug-likeness (QED) is 0.370. The van der Waals surface area contributed by atoms with Gasteiger partial charge in [0.2, 0.25) is 5.91 Å². The lowest BCUT2D eigenvalue weighted by Gasteiger charge is -2.16. The molecule has 0 saturated heterocycles. The van der Waals surface area contributed by atoms with Gasteiger partial charge in [0.15, 0.2) is 6.61 Å². The molecule has 0 aliphatic carbocycles. The van der Waals surface area contributed by atoms with Crippen LogP contribution in [0.5, 0.6) is 5.75 Å². The molecule has 4 rings (SSSR count). The number of pyridine rings is 1. The Morgan fingerprint density at radius 1 is 1.15 bits per heavy atom. The van der Waals surface area contributed by atoms with Crippen LogP contribution in [-0.2, 0) is 9.59 Å². The first-order valence-corrected chi connectivity index (χ1v) is 10.2. The molecule has 2 aromatic heterocycles. The Labute approximate surface area is 188 Å². The summed E-state index contributed by atoms with van der Waals surface area (Å²) in [7, 11) is 0. The standard InChI is InChI=1S/C24H21N3O6/c1-14-9-23(30)33-21-11-17(5-6-18(14)21)32-13-22(29)27-20(12-28)24(31)26-16-4-7-19-15(10-16)3-2-8-25-19/h2-11,20,28H,12-13H2,1H3,(H,26,31)(H,27,29). The predicted octanol–water partition coefficient (Wildman–Crippen LogP) is 2.14. The van der Waals surface area contributed by atoms with Gasteiger partial charge in [-0.3, -0.25) is 14.6 Å². The fourth-order valence-electron chi connectivity index (χ4n) is 3.36. The summed E-state index contributed by atoms with van der Waals surface area (Å²) in [5.41, 5.74) is 1.93. The molecule has 0 saturated carbocycles. The highest BCUT2D eigenvalue weighted by Gasteiger charge is 2.20. The normalized spacial score (nSPS) is 11.8. The molecule has 0 fully saturated rings. The summed E-state index contributed by atoms with van der Waals surface area (Å²) in [6, 6.07) is 14.0. The Hall–Kier alpha value is -4.24. The number of hydrogen-bond acceptors (Lipinski definition) is 7. The molecule has 0 spiro atoms. The van der Waals surface area contributed by atoms with Crippen LogP contribution in [-0.4, -0.2) is 41.2 Å². The van der Waals surface area contributed by atoms with Crippen molar-refractivity contribution in [2.24, 2.45) is 0 Å². The second kappa shape index (κ2) is 9.49. The summed E-state index contributed by atoms with van der Waals surface area (Å²) in [5.74, 6) is -0.851. The average Bonchev–Trinajstić information content (AvgIpc) is 2.80. The molecular weight excluding hydrogens is 426 g/mol. The van der Waals surface area contributed by atoms with Gasteiger partial charge in [0.05, 0.1) is 12.1 Å². The molecule has 1 unspecified atom stereocenters. The summed E-state index contributed by atoms with van der Waals surface area (Å²) >= 11 is 0. The number of carbonyl (C=O) groups excluding carboxylic acids is 2. The van der Waals surface area contributed by atoms with E-state index in [-0.39, 0.29) is 0 Å². The van der Waals surface area contributed by atoms with Crippen molar-refractivity contribution in [3.8, 4) is 5.75 Å². The maximum Gasteiger partial charge on any atom is 0.336 e. The van der Waals surface area contributed by atoms with E-state index in [2.05, 4.69) is 15.6 Å². The van der Waals surface area contributed by atoms with Gasteiger partial charge in [-0.1, -0.05) is 6.07 Å². The number of aromatic nitrogens is 1. The number of aliphatic hydroxyl groups is 1. The number of benzene rings is 2. The van der Waals surface area contributed by atoms with Crippen molar-refractivity contribution in [2.45, 2.75) is 13.0 Å². The molecule has 4 aromatic rings. The van der Waals surface area contributed by atoms with Crippen LogP contribution in [0.4, 0.5) is 5.69 Å². The van der Waals surface area contributed by atoms with Gasteiger partial charge in [0, 0.05) is 34.8 Å². The van der Waals surface area contributed by atoms with Gasteiger partial charge in [0.25, 0.3) is 5.91 Å². The zero-order chi connectivity index (χ0) is 23.4. The third-order valence-corrected chi connectivity index (χ3v) is 5.00.